The van der Waals surface area contributed by atoms with E-state index >= 15 is 0 Å². The fourth-order valence-corrected chi connectivity index (χ4v) is 2.62. The summed E-state index contributed by atoms with van der Waals surface area (Å²) in [6, 6.07) is 4.24. The number of aliphatic imine (C=N–C) groups is 1. The first-order valence-corrected chi connectivity index (χ1v) is 8.55. The molecule has 1 aliphatic heterocycles. The minimum Gasteiger partial charge on any atom is -0.383 e. The van der Waals surface area contributed by atoms with Crippen molar-refractivity contribution < 1.29 is 9.47 Å². The lowest BCUT2D eigenvalue weighted by molar-refractivity contribution is 0.122. The summed E-state index contributed by atoms with van der Waals surface area (Å²) in [5, 5.41) is 6.62. The van der Waals surface area contributed by atoms with E-state index in [2.05, 4.69) is 40.4 Å². The molecule has 7 heteroatoms. The van der Waals surface area contributed by atoms with Gasteiger partial charge in [-0.1, -0.05) is 6.07 Å². The summed E-state index contributed by atoms with van der Waals surface area (Å²) in [5.74, 6) is 1.80. The van der Waals surface area contributed by atoms with Gasteiger partial charge in [-0.3, -0.25) is 0 Å². The van der Waals surface area contributed by atoms with E-state index < -0.39 is 0 Å². The van der Waals surface area contributed by atoms with Crippen molar-refractivity contribution in [2.45, 2.75) is 26.4 Å². The quantitative estimate of drug-likeness (QED) is 0.572. The molecule has 1 fully saturated rings. The van der Waals surface area contributed by atoms with Gasteiger partial charge < -0.3 is 25.0 Å². The summed E-state index contributed by atoms with van der Waals surface area (Å²) in [6.45, 7) is 9.39. The van der Waals surface area contributed by atoms with Crippen molar-refractivity contribution in [2.75, 3.05) is 51.5 Å². The maximum Gasteiger partial charge on any atom is 0.191 e. The average molecular weight is 335 g/mol. The molecule has 1 unspecified atom stereocenters. The monoisotopic (exact) mass is 335 g/mol. The molecule has 0 saturated carbocycles. The second-order valence-electron chi connectivity index (χ2n) is 5.78. The van der Waals surface area contributed by atoms with Crippen molar-refractivity contribution >= 4 is 11.8 Å². The van der Waals surface area contributed by atoms with Crippen molar-refractivity contribution in [3.05, 3.63) is 23.9 Å². The summed E-state index contributed by atoms with van der Waals surface area (Å²) in [5.41, 5.74) is 1.12. The van der Waals surface area contributed by atoms with E-state index in [1.165, 1.54) is 0 Å². The topological polar surface area (TPSA) is 71.0 Å². The normalized spacial score (nSPS) is 16.8. The lowest BCUT2D eigenvalue weighted by atomic mass is 10.2. The molecule has 1 aromatic rings. The molecule has 7 nitrogen and oxygen atoms in total. The van der Waals surface area contributed by atoms with Crippen molar-refractivity contribution in [3.8, 4) is 0 Å². The Morgan fingerprint density at radius 2 is 2.25 bits per heavy atom. The van der Waals surface area contributed by atoms with Crippen molar-refractivity contribution in [2.24, 2.45) is 4.99 Å². The fourth-order valence-electron chi connectivity index (χ4n) is 2.62. The smallest absolute Gasteiger partial charge is 0.191 e. The third kappa shape index (κ3) is 5.65. The van der Waals surface area contributed by atoms with Crippen LogP contribution >= 0.6 is 0 Å². The van der Waals surface area contributed by atoms with Crippen LogP contribution < -0.4 is 15.5 Å². The Hall–Kier alpha value is -1.86. The zero-order chi connectivity index (χ0) is 17.2. The molecular formula is C17H29N5O2. The summed E-state index contributed by atoms with van der Waals surface area (Å²) < 4.78 is 10.6. The summed E-state index contributed by atoms with van der Waals surface area (Å²) >= 11 is 0. The highest BCUT2D eigenvalue weighted by Crippen LogP contribution is 2.19. The number of rotatable bonds is 7. The molecule has 0 spiro atoms. The van der Waals surface area contributed by atoms with Crippen LogP contribution in [0.2, 0.25) is 0 Å². The highest BCUT2D eigenvalue weighted by molar-refractivity contribution is 5.80. The molecule has 0 aliphatic carbocycles. The van der Waals surface area contributed by atoms with E-state index in [0.29, 0.717) is 13.2 Å². The molecule has 0 radical (unpaired) electrons. The van der Waals surface area contributed by atoms with Gasteiger partial charge in [0.05, 0.1) is 26.4 Å². The highest BCUT2D eigenvalue weighted by atomic mass is 16.5. The maximum absolute atomic E-state index is 5.43. The fraction of sp³-hybridized carbons (Fsp3) is 0.647. The first-order valence-electron chi connectivity index (χ1n) is 8.55. The van der Waals surface area contributed by atoms with Gasteiger partial charge >= 0.3 is 0 Å². The molecule has 24 heavy (non-hydrogen) atoms. The van der Waals surface area contributed by atoms with Gasteiger partial charge in [0, 0.05) is 44.5 Å². The molecule has 1 aliphatic rings. The van der Waals surface area contributed by atoms with E-state index in [4.69, 9.17) is 14.5 Å². The molecule has 2 rings (SSSR count). The number of ether oxygens (including phenoxy) is 2. The Balaban J connectivity index is 2.07. The molecule has 134 valence electrons. The van der Waals surface area contributed by atoms with Gasteiger partial charge in [0.1, 0.15) is 5.82 Å². The van der Waals surface area contributed by atoms with Gasteiger partial charge in [-0.25, -0.2) is 9.98 Å². The van der Waals surface area contributed by atoms with Gasteiger partial charge in [0.25, 0.3) is 0 Å². The predicted octanol–water partition coefficient (Wildman–Crippen LogP) is 1.01. The standard InChI is InChI=1S/C17H29N5O2/c1-4-18-17(21-14(2)13-23-3)20-12-15-6-5-7-19-16(15)22-8-10-24-11-9-22/h5-7,14H,4,8-13H2,1-3H3,(H2,18,20,21). The van der Waals surface area contributed by atoms with E-state index in [0.717, 1.165) is 50.2 Å². The second kappa shape index (κ2) is 10.1. The average Bonchev–Trinajstić information content (AvgIpc) is 2.61. The number of hydrogen-bond acceptors (Lipinski definition) is 5. The van der Waals surface area contributed by atoms with E-state index in [9.17, 15) is 0 Å². The number of aromatic nitrogens is 1. The van der Waals surface area contributed by atoms with Crippen molar-refractivity contribution in [1.29, 1.82) is 0 Å². The predicted molar refractivity (Wildman–Crippen MR) is 96.6 cm³/mol. The maximum atomic E-state index is 5.43. The lowest BCUT2D eigenvalue weighted by Crippen LogP contribution is -2.44. The van der Waals surface area contributed by atoms with Crippen LogP contribution in [0.25, 0.3) is 0 Å². The molecule has 1 saturated heterocycles. The van der Waals surface area contributed by atoms with Gasteiger partial charge in [0.2, 0.25) is 0 Å². The van der Waals surface area contributed by atoms with Crippen LogP contribution in [0.15, 0.2) is 23.3 Å². The summed E-state index contributed by atoms with van der Waals surface area (Å²) in [7, 11) is 1.70. The number of methoxy groups -OCH3 is 1. The van der Waals surface area contributed by atoms with Gasteiger partial charge in [-0.05, 0) is 19.9 Å². The first-order chi connectivity index (χ1) is 11.7. The number of morpholine rings is 1. The highest BCUT2D eigenvalue weighted by Gasteiger charge is 2.15. The van der Waals surface area contributed by atoms with Crippen LogP contribution in [0.4, 0.5) is 5.82 Å². The first kappa shape index (κ1) is 18.5. The molecule has 2 heterocycles. The van der Waals surface area contributed by atoms with Crippen LogP contribution in [-0.2, 0) is 16.0 Å². The molecule has 2 N–H and O–H groups in total. The molecule has 0 bridgehead atoms. The van der Waals surface area contributed by atoms with Gasteiger partial charge in [-0.15, -0.1) is 0 Å². The van der Waals surface area contributed by atoms with E-state index in [-0.39, 0.29) is 6.04 Å². The van der Waals surface area contributed by atoms with Crippen LogP contribution in [0.3, 0.4) is 0 Å². The number of nitrogens with one attached hydrogen (secondary N) is 2. The number of nitrogens with zero attached hydrogens (tertiary/aromatic N) is 3. The van der Waals surface area contributed by atoms with Gasteiger partial charge in [-0.2, -0.15) is 0 Å². The summed E-state index contributed by atoms with van der Waals surface area (Å²) in [6.07, 6.45) is 1.84. The molecular weight excluding hydrogens is 306 g/mol. The van der Waals surface area contributed by atoms with E-state index in [1.54, 1.807) is 7.11 Å². The Labute approximate surface area is 144 Å². The minimum absolute atomic E-state index is 0.195. The second-order valence-corrected chi connectivity index (χ2v) is 5.78. The SMILES string of the molecule is CCNC(=NCc1cccnc1N1CCOCC1)NC(C)COC. The van der Waals surface area contributed by atoms with Crippen LogP contribution in [0.5, 0.6) is 0 Å². The Kier molecular flexibility index (Phi) is 7.77. The minimum atomic E-state index is 0.195. The van der Waals surface area contributed by atoms with Crippen LogP contribution in [-0.4, -0.2) is 63.6 Å². The third-order valence-electron chi connectivity index (χ3n) is 3.73. The van der Waals surface area contributed by atoms with Crippen LogP contribution in [0, 0.1) is 0 Å². The molecule has 1 atom stereocenters. The zero-order valence-corrected chi connectivity index (χ0v) is 14.9. The van der Waals surface area contributed by atoms with Crippen LogP contribution in [0.1, 0.15) is 19.4 Å². The van der Waals surface area contributed by atoms with Crippen molar-refractivity contribution in [1.82, 2.24) is 15.6 Å². The number of hydrogen-bond donors (Lipinski definition) is 2. The summed E-state index contributed by atoms with van der Waals surface area (Å²) in [4.78, 5) is 11.5. The Bertz CT molecular complexity index is 517. The lowest BCUT2D eigenvalue weighted by Gasteiger charge is -2.29. The number of guanidine groups is 1. The van der Waals surface area contributed by atoms with E-state index in [1.807, 2.05) is 12.3 Å². The number of anilines is 1. The van der Waals surface area contributed by atoms with Gasteiger partial charge in [0.15, 0.2) is 5.96 Å². The largest absolute Gasteiger partial charge is 0.383 e. The molecule has 0 aromatic carbocycles. The Morgan fingerprint density at radius 3 is 2.96 bits per heavy atom. The van der Waals surface area contributed by atoms with Crippen molar-refractivity contribution in [3.63, 3.8) is 0 Å². The number of pyridine rings is 1. The third-order valence-corrected chi connectivity index (χ3v) is 3.73. The molecule has 0 amide bonds. The Morgan fingerprint density at radius 1 is 1.46 bits per heavy atom. The molecule has 1 aromatic heterocycles. The zero-order valence-electron chi connectivity index (χ0n) is 14.9.